The van der Waals surface area contributed by atoms with E-state index in [0.717, 1.165) is 12.0 Å². The predicted molar refractivity (Wildman–Crippen MR) is 110 cm³/mol. The number of nitrogens with one attached hydrogen (secondary N) is 2. The third-order valence-electron chi connectivity index (χ3n) is 4.92. The average Bonchev–Trinajstić information content (AvgIpc) is 3.23. The minimum absolute atomic E-state index is 0.108. The van der Waals surface area contributed by atoms with E-state index in [1.165, 1.54) is 4.31 Å². The summed E-state index contributed by atoms with van der Waals surface area (Å²) in [5.41, 5.74) is 1.07. The summed E-state index contributed by atoms with van der Waals surface area (Å²) in [4.78, 5) is 24.3. The smallest absolute Gasteiger partial charge is 0.309 e. The zero-order chi connectivity index (χ0) is 20.7. The van der Waals surface area contributed by atoms with Crippen molar-refractivity contribution in [1.29, 1.82) is 0 Å². The van der Waals surface area contributed by atoms with Crippen molar-refractivity contribution < 1.29 is 18.0 Å². The van der Waals surface area contributed by atoms with Crippen LogP contribution in [-0.2, 0) is 26.0 Å². The molecule has 0 bridgehead atoms. The van der Waals surface area contributed by atoms with Gasteiger partial charge in [0, 0.05) is 25.7 Å². The molecule has 29 heavy (non-hydrogen) atoms. The van der Waals surface area contributed by atoms with Crippen molar-refractivity contribution >= 4 is 21.8 Å². The fourth-order valence-corrected chi connectivity index (χ4v) is 5.11. The summed E-state index contributed by atoms with van der Waals surface area (Å²) in [6, 6.07) is 17.5. The lowest BCUT2D eigenvalue weighted by Gasteiger charge is -2.24. The van der Waals surface area contributed by atoms with Crippen LogP contribution in [0.25, 0.3) is 0 Å². The fraction of sp³-hybridized carbons (Fsp3) is 0.333. The lowest BCUT2D eigenvalue weighted by molar-refractivity contribution is -0.139. The van der Waals surface area contributed by atoms with Gasteiger partial charge in [-0.15, -0.1) is 0 Å². The first-order valence-electron chi connectivity index (χ1n) is 9.65. The summed E-state index contributed by atoms with van der Waals surface area (Å²) in [5.74, 6) is -1.46. The molecule has 2 N–H and O–H groups in total. The highest BCUT2D eigenvalue weighted by Crippen LogP contribution is 2.25. The molecule has 1 heterocycles. The SMILES string of the molecule is O=C(NCCc1ccccc1)C(=O)NC[C@H]1CCCN1S(=O)(=O)c1ccccc1. The number of carbonyl (C=O) groups is 2. The zero-order valence-corrected chi connectivity index (χ0v) is 16.9. The van der Waals surface area contributed by atoms with Gasteiger partial charge in [0.1, 0.15) is 0 Å². The van der Waals surface area contributed by atoms with Gasteiger partial charge in [0.15, 0.2) is 0 Å². The molecule has 3 rings (SSSR count). The van der Waals surface area contributed by atoms with Gasteiger partial charge >= 0.3 is 11.8 Å². The van der Waals surface area contributed by atoms with Crippen LogP contribution < -0.4 is 10.6 Å². The molecule has 2 amide bonds. The molecule has 0 aromatic heterocycles. The van der Waals surface area contributed by atoms with Gasteiger partial charge in [-0.05, 0) is 37.0 Å². The van der Waals surface area contributed by atoms with Crippen molar-refractivity contribution in [3.05, 3.63) is 66.2 Å². The maximum absolute atomic E-state index is 12.8. The molecule has 1 aliphatic rings. The molecule has 0 radical (unpaired) electrons. The van der Waals surface area contributed by atoms with Crippen LogP contribution in [-0.4, -0.2) is 50.2 Å². The second kappa shape index (κ2) is 9.67. The number of benzene rings is 2. The van der Waals surface area contributed by atoms with Crippen LogP contribution in [0.15, 0.2) is 65.6 Å². The Labute approximate surface area is 171 Å². The quantitative estimate of drug-likeness (QED) is 0.667. The summed E-state index contributed by atoms with van der Waals surface area (Å²) in [5, 5.41) is 5.16. The van der Waals surface area contributed by atoms with Crippen molar-refractivity contribution in [3.8, 4) is 0 Å². The molecule has 0 aliphatic carbocycles. The normalized spacial score (nSPS) is 17.0. The largest absolute Gasteiger partial charge is 0.348 e. The van der Waals surface area contributed by atoms with Crippen molar-refractivity contribution in [2.24, 2.45) is 0 Å². The summed E-state index contributed by atoms with van der Waals surface area (Å²) >= 11 is 0. The van der Waals surface area contributed by atoms with Gasteiger partial charge in [-0.2, -0.15) is 4.31 Å². The standard InChI is InChI=1S/C21H25N3O4S/c25-20(22-14-13-17-8-3-1-4-9-17)21(26)23-16-18-10-7-15-24(18)29(27,28)19-11-5-2-6-12-19/h1-6,8-9,11-12,18H,7,10,13-16H2,(H,22,25)(H,23,26)/t18-/m1/s1. The van der Waals surface area contributed by atoms with Crippen LogP contribution >= 0.6 is 0 Å². The van der Waals surface area contributed by atoms with E-state index in [-0.39, 0.29) is 17.5 Å². The summed E-state index contributed by atoms with van der Waals surface area (Å²) in [6.07, 6.45) is 1.99. The van der Waals surface area contributed by atoms with Crippen molar-refractivity contribution in [1.82, 2.24) is 14.9 Å². The van der Waals surface area contributed by atoms with Crippen LogP contribution in [0.4, 0.5) is 0 Å². The number of nitrogens with zero attached hydrogens (tertiary/aromatic N) is 1. The van der Waals surface area contributed by atoms with Gasteiger partial charge in [-0.3, -0.25) is 9.59 Å². The molecule has 8 heteroatoms. The van der Waals surface area contributed by atoms with Crippen LogP contribution in [0.5, 0.6) is 0 Å². The predicted octanol–water partition coefficient (Wildman–Crippen LogP) is 1.31. The number of carbonyl (C=O) groups excluding carboxylic acids is 2. The van der Waals surface area contributed by atoms with Crippen LogP contribution in [0.1, 0.15) is 18.4 Å². The zero-order valence-electron chi connectivity index (χ0n) is 16.1. The Morgan fingerprint density at radius 1 is 0.931 bits per heavy atom. The highest BCUT2D eigenvalue weighted by Gasteiger charge is 2.35. The van der Waals surface area contributed by atoms with E-state index in [9.17, 15) is 18.0 Å². The summed E-state index contributed by atoms with van der Waals surface area (Å²) in [7, 11) is -3.62. The second-order valence-corrected chi connectivity index (χ2v) is 8.82. The average molecular weight is 416 g/mol. The van der Waals surface area contributed by atoms with Crippen molar-refractivity contribution in [2.75, 3.05) is 19.6 Å². The Morgan fingerprint density at radius 2 is 1.55 bits per heavy atom. The lowest BCUT2D eigenvalue weighted by Crippen LogP contribution is -2.47. The first kappa shape index (κ1) is 21.0. The molecule has 0 saturated carbocycles. The van der Waals surface area contributed by atoms with Gasteiger partial charge in [-0.25, -0.2) is 8.42 Å². The Balaban J connectivity index is 1.49. The molecule has 1 fully saturated rings. The molecule has 2 aromatic carbocycles. The Bertz CT molecular complexity index is 933. The Hall–Kier alpha value is -2.71. The van der Waals surface area contributed by atoms with Crippen LogP contribution in [0.2, 0.25) is 0 Å². The van der Waals surface area contributed by atoms with Gasteiger partial charge in [0.2, 0.25) is 10.0 Å². The molecule has 2 aromatic rings. The molecule has 154 valence electrons. The molecular formula is C21H25N3O4S. The summed E-state index contributed by atoms with van der Waals surface area (Å²) in [6.45, 7) is 0.867. The van der Waals surface area contributed by atoms with Crippen LogP contribution in [0, 0.1) is 0 Å². The van der Waals surface area contributed by atoms with Gasteiger partial charge in [0.05, 0.1) is 4.90 Å². The monoisotopic (exact) mass is 415 g/mol. The Morgan fingerprint density at radius 3 is 2.24 bits per heavy atom. The first-order chi connectivity index (χ1) is 14.0. The van der Waals surface area contributed by atoms with Crippen molar-refractivity contribution in [3.63, 3.8) is 0 Å². The molecular weight excluding hydrogens is 390 g/mol. The first-order valence-corrected chi connectivity index (χ1v) is 11.1. The van der Waals surface area contributed by atoms with E-state index in [1.807, 2.05) is 30.3 Å². The lowest BCUT2D eigenvalue weighted by atomic mass is 10.1. The number of sulfonamides is 1. The minimum Gasteiger partial charge on any atom is -0.348 e. The summed E-state index contributed by atoms with van der Waals surface area (Å²) < 4.78 is 27.1. The van der Waals surface area contributed by atoms with E-state index in [4.69, 9.17) is 0 Å². The topological polar surface area (TPSA) is 95.6 Å². The third-order valence-corrected chi connectivity index (χ3v) is 6.89. The Kier molecular flexibility index (Phi) is 7.00. The molecule has 1 saturated heterocycles. The molecule has 7 nitrogen and oxygen atoms in total. The van der Waals surface area contributed by atoms with Crippen molar-refractivity contribution in [2.45, 2.75) is 30.2 Å². The highest BCUT2D eigenvalue weighted by molar-refractivity contribution is 7.89. The number of rotatable bonds is 7. The number of amides is 2. The third kappa shape index (κ3) is 5.42. The maximum atomic E-state index is 12.8. The molecule has 0 unspecified atom stereocenters. The van der Waals surface area contributed by atoms with Gasteiger partial charge in [0.25, 0.3) is 0 Å². The molecule has 0 spiro atoms. The number of hydrogen-bond donors (Lipinski definition) is 2. The molecule has 1 atom stereocenters. The van der Waals surface area contributed by atoms with E-state index in [0.29, 0.717) is 25.9 Å². The van der Waals surface area contributed by atoms with Gasteiger partial charge in [-0.1, -0.05) is 48.5 Å². The fourth-order valence-electron chi connectivity index (χ4n) is 3.39. The highest BCUT2D eigenvalue weighted by atomic mass is 32.2. The van der Waals surface area contributed by atoms with E-state index in [2.05, 4.69) is 10.6 Å². The maximum Gasteiger partial charge on any atom is 0.309 e. The van der Waals surface area contributed by atoms with E-state index < -0.39 is 21.8 Å². The minimum atomic E-state index is -3.62. The second-order valence-electron chi connectivity index (χ2n) is 6.93. The number of hydrogen-bond acceptors (Lipinski definition) is 4. The van der Waals surface area contributed by atoms with E-state index >= 15 is 0 Å². The van der Waals surface area contributed by atoms with Crippen LogP contribution in [0.3, 0.4) is 0 Å². The van der Waals surface area contributed by atoms with E-state index in [1.54, 1.807) is 30.3 Å². The molecule has 1 aliphatic heterocycles. The van der Waals surface area contributed by atoms with Gasteiger partial charge < -0.3 is 10.6 Å².